The first-order valence-electron chi connectivity index (χ1n) is 15.1. The third kappa shape index (κ3) is 21.3. The Bertz CT molecular complexity index is 618. The van der Waals surface area contributed by atoms with E-state index in [1.165, 1.54) is 38.5 Å². The summed E-state index contributed by atoms with van der Waals surface area (Å²) in [4.78, 5) is 36.0. The number of quaternary nitrogens is 1. The highest BCUT2D eigenvalue weighted by molar-refractivity contribution is 5.70. The number of rotatable bonds is 26. The molecule has 0 aliphatic heterocycles. The zero-order valence-corrected chi connectivity index (χ0v) is 25.1. The summed E-state index contributed by atoms with van der Waals surface area (Å²) in [6.45, 7) is 4.52. The van der Waals surface area contributed by atoms with Gasteiger partial charge in [0.15, 0.2) is 6.10 Å². The highest BCUT2D eigenvalue weighted by Crippen LogP contribution is 2.12. The van der Waals surface area contributed by atoms with E-state index in [0.717, 1.165) is 51.4 Å². The molecule has 0 aromatic rings. The van der Waals surface area contributed by atoms with Crippen LogP contribution in [0.15, 0.2) is 0 Å². The molecule has 8 nitrogen and oxygen atoms in total. The van der Waals surface area contributed by atoms with Gasteiger partial charge in [-0.05, 0) is 12.8 Å². The number of esters is 2. The summed E-state index contributed by atoms with van der Waals surface area (Å²) in [6.07, 6.45) is 15.9. The van der Waals surface area contributed by atoms with Crippen LogP contribution in [0.5, 0.6) is 0 Å². The molecule has 224 valence electrons. The minimum absolute atomic E-state index is 0.0458. The summed E-state index contributed by atoms with van der Waals surface area (Å²) in [5.41, 5.74) is 0. The molecule has 0 N–H and O–H groups in total. The Hall–Kier alpha value is -1.67. The molecule has 0 heterocycles. The Morgan fingerprint density at radius 1 is 0.684 bits per heavy atom. The molecule has 0 spiro atoms. The van der Waals surface area contributed by atoms with Crippen LogP contribution >= 0.6 is 0 Å². The fourth-order valence-corrected chi connectivity index (χ4v) is 4.30. The van der Waals surface area contributed by atoms with E-state index in [1.807, 2.05) is 0 Å². The standard InChI is InChI=1S/C30H57NO7/c1-6-8-10-12-13-14-15-17-19-21-29(33)38-26(25-37-28(32)20-18-16-11-9-7-2)24-36-23-22-27(30(34)35)31(3,4)5/h26-27H,6-25H2,1-5H3. The topological polar surface area (TPSA) is 102 Å². The van der Waals surface area contributed by atoms with E-state index >= 15 is 0 Å². The van der Waals surface area contributed by atoms with E-state index in [9.17, 15) is 19.5 Å². The molecule has 0 fully saturated rings. The largest absolute Gasteiger partial charge is 0.544 e. The molecule has 0 aliphatic carbocycles. The van der Waals surface area contributed by atoms with Crippen molar-refractivity contribution >= 4 is 17.9 Å². The normalized spacial score (nSPS) is 13.2. The highest BCUT2D eigenvalue weighted by Gasteiger charge is 2.25. The van der Waals surface area contributed by atoms with Gasteiger partial charge in [0.1, 0.15) is 12.6 Å². The fraction of sp³-hybridized carbons (Fsp3) is 0.900. The first kappa shape index (κ1) is 36.3. The maximum atomic E-state index is 12.4. The van der Waals surface area contributed by atoms with Gasteiger partial charge in [-0.1, -0.05) is 90.9 Å². The van der Waals surface area contributed by atoms with Crippen LogP contribution in [0.25, 0.3) is 0 Å². The maximum Gasteiger partial charge on any atom is 0.306 e. The van der Waals surface area contributed by atoms with Gasteiger partial charge in [-0.3, -0.25) is 9.59 Å². The van der Waals surface area contributed by atoms with Crippen molar-refractivity contribution in [2.45, 2.75) is 135 Å². The van der Waals surface area contributed by atoms with Crippen molar-refractivity contribution < 1.29 is 38.2 Å². The van der Waals surface area contributed by atoms with E-state index in [2.05, 4.69) is 13.8 Å². The van der Waals surface area contributed by atoms with Crippen LogP contribution < -0.4 is 5.11 Å². The van der Waals surface area contributed by atoms with Gasteiger partial charge in [0.05, 0.1) is 40.3 Å². The predicted octanol–water partition coefficient (Wildman–Crippen LogP) is 4.95. The number of hydrogen-bond acceptors (Lipinski definition) is 7. The van der Waals surface area contributed by atoms with Gasteiger partial charge in [-0.2, -0.15) is 0 Å². The lowest BCUT2D eigenvalue weighted by Crippen LogP contribution is -2.55. The molecule has 0 saturated carbocycles. The van der Waals surface area contributed by atoms with Gasteiger partial charge in [0.25, 0.3) is 0 Å². The van der Waals surface area contributed by atoms with Crippen LogP contribution in [0, 0.1) is 0 Å². The second kappa shape index (κ2) is 23.2. The van der Waals surface area contributed by atoms with Crippen molar-refractivity contribution in [1.82, 2.24) is 0 Å². The van der Waals surface area contributed by atoms with Gasteiger partial charge in [0.2, 0.25) is 0 Å². The number of nitrogens with zero attached hydrogens (tertiary/aromatic N) is 1. The molecule has 0 aliphatic rings. The molecule has 0 aromatic heterocycles. The number of ether oxygens (including phenoxy) is 3. The van der Waals surface area contributed by atoms with Crippen LogP contribution in [-0.2, 0) is 28.6 Å². The number of carboxylic acid groups (broad SMARTS) is 1. The third-order valence-electron chi connectivity index (χ3n) is 6.74. The average molecular weight is 544 g/mol. The molecule has 2 unspecified atom stereocenters. The quantitative estimate of drug-likeness (QED) is 0.0864. The predicted molar refractivity (Wildman–Crippen MR) is 148 cm³/mol. The zero-order chi connectivity index (χ0) is 28.7. The molecule has 0 radical (unpaired) electrons. The number of carboxylic acids is 1. The lowest BCUT2D eigenvalue weighted by atomic mass is 10.1. The molecule has 0 bridgehead atoms. The van der Waals surface area contributed by atoms with Gasteiger partial charge >= 0.3 is 11.9 Å². The minimum Gasteiger partial charge on any atom is -0.544 e. The van der Waals surface area contributed by atoms with Crippen LogP contribution in [0.3, 0.4) is 0 Å². The van der Waals surface area contributed by atoms with E-state index in [1.54, 1.807) is 21.1 Å². The van der Waals surface area contributed by atoms with Gasteiger partial charge in [-0.15, -0.1) is 0 Å². The first-order chi connectivity index (χ1) is 18.1. The van der Waals surface area contributed by atoms with Crippen LogP contribution in [0.1, 0.15) is 123 Å². The Balaban J connectivity index is 4.51. The highest BCUT2D eigenvalue weighted by atomic mass is 16.6. The summed E-state index contributed by atoms with van der Waals surface area (Å²) in [5.74, 6) is -1.75. The van der Waals surface area contributed by atoms with Gasteiger partial charge in [0, 0.05) is 19.3 Å². The van der Waals surface area contributed by atoms with E-state index in [0.29, 0.717) is 12.8 Å². The monoisotopic (exact) mass is 543 g/mol. The Morgan fingerprint density at radius 2 is 1.16 bits per heavy atom. The van der Waals surface area contributed by atoms with Gasteiger partial charge in [-0.25, -0.2) is 0 Å². The summed E-state index contributed by atoms with van der Waals surface area (Å²) in [5, 5.41) is 11.5. The second-order valence-electron chi connectivity index (χ2n) is 11.4. The van der Waals surface area contributed by atoms with Crippen LogP contribution in [0.2, 0.25) is 0 Å². The summed E-state index contributed by atoms with van der Waals surface area (Å²) in [6, 6.07) is -0.715. The van der Waals surface area contributed by atoms with Crippen molar-refractivity contribution in [2.75, 3.05) is 41.0 Å². The van der Waals surface area contributed by atoms with Crippen molar-refractivity contribution in [3.05, 3.63) is 0 Å². The average Bonchev–Trinajstić information content (AvgIpc) is 2.84. The zero-order valence-electron chi connectivity index (χ0n) is 25.1. The summed E-state index contributed by atoms with van der Waals surface area (Å²) >= 11 is 0. The molecule has 0 saturated heterocycles. The molecule has 2 atom stereocenters. The lowest BCUT2D eigenvalue weighted by Gasteiger charge is -2.34. The molecule has 8 heteroatoms. The van der Waals surface area contributed by atoms with Crippen molar-refractivity contribution in [1.29, 1.82) is 0 Å². The summed E-state index contributed by atoms with van der Waals surface area (Å²) in [7, 11) is 5.37. The second-order valence-corrected chi connectivity index (χ2v) is 11.4. The molecular formula is C30H57NO7. The van der Waals surface area contributed by atoms with Crippen molar-refractivity contribution in [3.63, 3.8) is 0 Å². The Morgan fingerprint density at radius 3 is 1.63 bits per heavy atom. The van der Waals surface area contributed by atoms with Crippen molar-refractivity contribution in [3.8, 4) is 0 Å². The number of carbonyl (C=O) groups excluding carboxylic acids is 3. The smallest absolute Gasteiger partial charge is 0.306 e. The van der Waals surface area contributed by atoms with Crippen molar-refractivity contribution in [2.24, 2.45) is 0 Å². The SMILES string of the molecule is CCCCCCCCCCCC(=O)OC(COCCC(C(=O)[O-])[N+](C)(C)C)COC(=O)CCCCCCC. The van der Waals surface area contributed by atoms with E-state index in [-0.39, 0.29) is 42.7 Å². The minimum atomic E-state index is -1.13. The molecular weight excluding hydrogens is 486 g/mol. The third-order valence-corrected chi connectivity index (χ3v) is 6.74. The molecule has 0 rings (SSSR count). The molecule has 0 aromatic carbocycles. The summed E-state index contributed by atoms with van der Waals surface area (Å²) < 4.78 is 16.8. The first-order valence-corrected chi connectivity index (χ1v) is 15.1. The number of carbonyl (C=O) groups is 3. The van der Waals surface area contributed by atoms with Crippen LogP contribution in [-0.4, -0.2) is 75.5 Å². The maximum absolute atomic E-state index is 12.4. The Labute approximate surface area is 232 Å². The van der Waals surface area contributed by atoms with Gasteiger partial charge < -0.3 is 28.6 Å². The fourth-order valence-electron chi connectivity index (χ4n) is 4.30. The van der Waals surface area contributed by atoms with Crippen LogP contribution in [0.4, 0.5) is 0 Å². The molecule has 38 heavy (non-hydrogen) atoms. The number of hydrogen-bond donors (Lipinski definition) is 0. The number of likely N-dealkylation sites (N-methyl/N-ethyl adjacent to an activating group) is 1. The lowest BCUT2D eigenvalue weighted by molar-refractivity contribution is -0.889. The number of unbranched alkanes of at least 4 members (excludes halogenated alkanes) is 12. The Kier molecular flexibility index (Phi) is 22.2. The molecule has 0 amide bonds. The number of aliphatic carboxylic acids is 1. The van der Waals surface area contributed by atoms with E-state index < -0.39 is 18.1 Å². The van der Waals surface area contributed by atoms with E-state index in [4.69, 9.17) is 14.2 Å².